The molecule has 1 atom stereocenters. The van der Waals surface area contributed by atoms with Gasteiger partial charge in [0.1, 0.15) is 6.04 Å². The summed E-state index contributed by atoms with van der Waals surface area (Å²) < 4.78 is 51.6. The van der Waals surface area contributed by atoms with Crippen molar-refractivity contribution < 1.29 is 22.4 Å². The molecule has 10 heteroatoms. The average molecular weight is 348 g/mol. The Morgan fingerprint density at radius 1 is 1.48 bits per heavy atom. The largest absolute Gasteiger partial charge is 0.435 e. The van der Waals surface area contributed by atoms with Crippen molar-refractivity contribution in [3.8, 4) is 0 Å². The Bertz CT molecular complexity index is 735. The van der Waals surface area contributed by atoms with Crippen molar-refractivity contribution in [3.05, 3.63) is 39.6 Å². The summed E-state index contributed by atoms with van der Waals surface area (Å²) in [5, 5.41) is 6.65. The fraction of sp³-hybridized carbons (Fsp3) is 0.308. The van der Waals surface area contributed by atoms with E-state index < -0.39 is 29.0 Å². The number of rotatable bonds is 4. The van der Waals surface area contributed by atoms with Gasteiger partial charge in [-0.15, -0.1) is 11.3 Å². The Labute approximate surface area is 132 Å². The number of amides is 1. The lowest BCUT2D eigenvalue weighted by Crippen LogP contribution is -2.28. The molecule has 0 saturated heterocycles. The van der Waals surface area contributed by atoms with Gasteiger partial charge in [0.2, 0.25) is 0 Å². The summed E-state index contributed by atoms with van der Waals surface area (Å²) in [6, 6.07) is 2.61. The highest BCUT2D eigenvalue weighted by molar-refractivity contribution is 7.12. The molecular formula is C13H12F4N4OS. The van der Waals surface area contributed by atoms with Crippen molar-refractivity contribution in [2.24, 2.45) is 5.10 Å². The zero-order chi connectivity index (χ0) is 17.2. The molecule has 5 nitrogen and oxygen atoms in total. The van der Waals surface area contributed by atoms with E-state index in [1.165, 1.54) is 32.2 Å². The Hall–Kier alpha value is -2.23. The van der Waals surface area contributed by atoms with Gasteiger partial charge in [0.05, 0.1) is 11.1 Å². The van der Waals surface area contributed by atoms with Crippen LogP contribution in [0.5, 0.6) is 0 Å². The van der Waals surface area contributed by atoms with E-state index in [1.807, 2.05) is 0 Å². The van der Waals surface area contributed by atoms with Gasteiger partial charge in [-0.1, -0.05) is 0 Å². The number of thiophene rings is 1. The highest BCUT2D eigenvalue weighted by Gasteiger charge is 2.35. The number of aromatic nitrogens is 2. The summed E-state index contributed by atoms with van der Waals surface area (Å²) in [6.07, 6.45) is -3.33. The number of nitrogens with one attached hydrogen (secondary N) is 1. The predicted octanol–water partition coefficient (Wildman–Crippen LogP) is 3.12. The van der Waals surface area contributed by atoms with Gasteiger partial charge in [-0.2, -0.15) is 27.8 Å². The van der Waals surface area contributed by atoms with Crippen molar-refractivity contribution in [2.75, 3.05) is 0 Å². The Morgan fingerprint density at radius 2 is 2.17 bits per heavy atom. The topological polar surface area (TPSA) is 59.3 Å². The first kappa shape index (κ1) is 17.1. The molecular weight excluding hydrogens is 336 g/mol. The Kier molecular flexibility index (Phi) is 4.83. The van der Waals surface area contributed by atoms with Crippen LogP contribution in [-0.4, -0.2) is 21.9 Å². The highest BCUT2D eigenvalue weighted by atomic mass is 32.1. The molecule has 2 rings (SSSR count). The number of hydrazone groups is 1. The van der Waals surface area contributed by atoms with E-state index in [4.69, 9.17) is 0 Å². The molecule has 1 amide bonds. The van der Waals surface area contributed by atoms with Crippen LogP contribution in [0.1, 0.15) is 29.2 Å². The molecule has 0 aliphatic carbocycles. The smallest absolute Gasteiger partial charge is 0.271 e. The number of hydrogen-bond donors (Lipinski definition) is 1. The second-order valence-corrected chi connectivity index (χ2v) is 5.73. The predicted molar refractivity (Wildman–Crippen MR) is 76.7 cm³/mol. The zero-order valence-electron chi connectivity index (χ0n) is 12.1. The lowest BCUT2D eigenvalue weighted by Gasteiger charge is -2.12. The number of alkyl halides is 3. The van der Waals surface area contributed by atoms with Crippen LogP contribution < -0.4 is 5.43 Å². The number of nitrogens with zero attached hydrogens (tertiary/aromatic N) is 3. The summed E-state index contributed by atoms with van der Waals surface area (Å²) >= 11 is 0.843. The standard InChI is InChI=1S/C13H12F4N4OS/c1-7-5-10(13(15,16)17)20-21(7)8(2)12(22)19-18-6-9-3-4-11(14)23-9/h3-6,8H,1-2H3,(H,19,22)/b18-6-/t8-/m1/s1. The van der Waals surface area contributed by atoms with Gasteiger partial charge in [0.25, 0.3) is 5.91 Å². The van der Waals surface area contributed by atoms with Crippen molar-refractivity contribution in [1.82, 2.24) is 15.2 Å². The number of halogens is 4. The van der Waals surface area contributed by atoms with Crippen molar-refractivity contribution in [3.63, 3.8) is 0 Å². The van der Waals surface area contributed by atoms with Crippen LogP contribution in [0.25, 0.3) is 0 Å². The van der Waals surface area contributed by atoms with E-state index in [0.29, 0.717) is 4.88 Å². The van der Waals surface area contributed by atoms with E-state index in [2.05, 4.69) is 15.6 Å². The second-order valence-electron chi connectivity index (χ2n) is 4.67. The molecule has 0 bridgehead atoms. The van der Waals surface area contributed by atoms with Gasteiger partial charge in [-0.25, -0.2) is 5.43 Å². The van der Waals surface area contributed by atoms with Gasteiger partial charge >= 0.3 is 6.18 Å². The summed E-state index contributed by atoms with van der Waals surface area (Å²) in [4.78, 5) is 12.4. The van der Waals surface area contributed by atoms with E-state index in [0.717, 1.165) is 22.1 Å². The first-order valence-corrected chi connectivity index (χ1v) is 7.21. The summed E-state index contributed by atoms with van der Waals surface area (Å²) in [5.74, 6) is -0.641. The number of hydrogen-bond acceptors (Lipinski definition) is 4. The second kappa shape index (κ2) is 6.49. The number of carbonyl (C=O) groups is 1. The average Bonchev–Trinajstić information content (AvgIpc) is 3.03. The fourth-order valence-electron chi connectivity index (χ4n) is 1.78. The summed E-state index contributed by atoms with van der Waals surface area (Å²) in [7, 11) is 0. The van der Waals surface area contributed by atoms with Crippen LogP contribution in [0.3, 0.4) is 0 Å². The molecule has 0 radical (unpaired) electrons. The molecule has 23 heavy (non-hydrogen) atoms. The molecule has 0 unspecified atom stereocenters. The maximum absolute atomic E-state index is 12.8. The van der Waals surface area contributed by atoms with Gasteiger partial charge in [0, 0.05) is 5.69 Å². The van der Waals surface area contributed by atoms with Crippen LogP contribution in [-0.2, 0) is 11.0 Å². The third kappa shape index (κ3) is 4.15. The van der Waals surface area contributed by atoms with E-state index in [-0.39, 0.29) is 5.69 Å². The van der Waals surface area contributed by atoms with E-state index in [9.17, 15) is 22.4 Å². The third-order valence-electron chi connectivity index (χ3n) is 2.92. The van der Waals surface area contributed by atoms with Gasteiger partial charge < -0.3 is 0 Å². The first-order chi connectivity index (χ1) is 10.7. The zero-order valence-corrected chi connectivity index (χ0v) is 12.9. The van der Waals surface area contributed by atoms with Crippen molar-refractivity contribution in [2.45, 2.75) is 26.1 Å². The number of aryl methyl sites for hydroxylation is 1. The van der Waals surface area contributed by atoms with Gasteiger partial charge in [-0.3, -0.25) is 9.48 Å². The van der Waals surface area contributed by atoms with Crippen LogP contribution in [0.4, 0.5) is 17.6 Å². The molecule has 0 spiro atoms. The van der Waals surface area contributed by atoms with Crippen LogP contribution >= 0.6 is 11.3 Å². The molecule has 0 aliphatic rings. The molecule has 2 aromatic heterocycles. The molecule has 2 aromatic rings. The van der Waals surface area contributed by atoms with Crippen LogP contribution in [0.2, 0.25) is 0 Å². The van der Waals surface area contributed by atoms with Crippen molar-refractivity contribution >= 4 is 23.5 Å². The van der Waals surface area contributed by atoms with Crippen LogP contribution in [0, 0.1) is 12.1 Å². The number of carbonyl (C=O) groups excluding carboxylic acids is 1. The molecule has 0 fully saturated rings. The molecule has 0 aliphatic heterocycles. The Balaban J connectivity index is 2.05. The first-order valence-electron chi connectivity index (χ1n) is 6.40. The minimum Gasteiger partial charge on any atom is -0.271 e. The maximum Gasteiger partial charge on any atom is 0.435 e. The van der Waals surface area contributed by atoms with Crippen LogP contribution in [0.15, 0.2) is 23.3 Å². The molecule has 1 N–H and O–H groups in total. The lowest BCUT2D eigenvalue weighted by molar-refractivity contribution is -0.142. The maximum atomic E-state index is 12.8. The molecule has 0 aromatic carbocycles. The van der Waals surface area contributed by atoms with Gasteiger partial charge in [-0.05, 0) is 32.0 Å². The minimum absolute atomic E-state index is 0.198. The lowest BCUT2D eigenvalue weighted by atomic mass is 10.3. The van der Waals surface area contributed by atoms with Gasteiger partial charge in [0.15, 0.2) is 10.8 Å². The minimum atomic E-state index is -4.58. The highest BCUT2D eigenvalue weighted by Crippen LogP contribution is 2.29. The SMILES string of the molecule is Cc1cc(C(F)(F)F)nn1[C@H](C)C(=O)N/N=C\c1ccc(F)s1. The van der Waals surface area contributed by atoms with E-state index in [1.54, 1.807) is 0 Å². The molecule has 124 valence electrons. The quantitative estimate of drug-likeness (QED) is 0.524. The summed E-state index contributed by atoms with van der Waals surface area (Å²) in [5.41, 5.74) is 1.32. The molecule has 0 saturated carbocycles. The Morgan fingerprint density at radius 3 is 2.70 bits per heavy atom. The monoisotopic (exact) mass is 348 g/mol. The summed E-state index contributed by atoms with van der Waals surface area (Å²) in [6.45, 7) is 2.82. The van der Waals surface area contributed by atoms with E-state index >= 15 is 0 Å². The fourth-order valence-corrected chi connectivity index (χ4v) is 2.38. The molecule has 2 heterocycles. The third-order valence-corrected chi connectivity index (χ3v) is 3.73. The van der Waals surface area contributed by atoms with Crippen molar-refractivity contribution in [1.29, 1.82) is 0 Å². The normalized spacial score (nSPS) is 13.5.